The van der Waals surface area contributed by atoms with E-state index in [0.29, 0.717) is 24.4 Å². The van der Waals surface area contributed by atoms with Crippen LogP contribution in [0.1, 0.15) is 31.2 Å². The van der Waals surface area contributed by atoms with Crippen molar-refractivity contribution in [1.82, 2.24) is 15.6 Å². The zero-order valence-corrected chi connectivity index (χ0v) is 11.8. The van der Waals surface area contributed by atoms with Gasteiger partial charge >= 0.3 is 6.03 Å². The Morgan fingerprint density at radius 1 is 1.45 bits per heavy atom. The first-order valence-corrected chi connectivity index (χ1v) is 7.28. The molecule has 0 saturated heterocycles. The Hall–Kier alpha value is -1.78. The lowest BCUT2D eigenvalue weighted by atomic mass is 9.95. The van der Waals surface area contributed by atoms with Crippen LogP contribution in [0.15, 0.2) is 18.3 Å². The standard InChI is InChI=1S/C15H21N3O2/c1-20-14-8-11(4-5-16-14)9-17-15(19)18-13-7-10-2-3-12(13)6-10/h4-5,8,10,12-13H,2-3,6-7,9H2,1H3,(H2,17,18,19)/t10-,12+,13+/m0/s1. The lowest BCUT2D eigenvalue weighted by molar-refractivity contribution is 0.230. The van der Waals surface area contributed by atoms with Gasteiger partial charge in [0.2, 0.25) is 5.88 Å². The Kier molecular flexibility index (Phi) is 3.76. The van der Waals surface area contributed by atoms with Crippen LogP contribution < -0.4 is 15.4 Å². The van der Waals surface area contributed by atoms with Crippen LogP contribution in [0.4, 0.5) is 4.79 Å². The average molecular weight is 275 g/mol. The fraction of sp³-hybridized carbons (Fsp3) is 0.600. The van der Waals surface area contributed by atoms with Crippen LogP contribution in [-0.2, 0) is 6.54 Å². The highest BCUT2D eigenvalue weighted by atomic mass is 16.5. The molecule has 1 heterocycles. The number of hydrogen-bond donors (Lipinski definition) is 2. The van der Waals surface area contributed by atoms with Crippen molar-refractivity contribution in [1.29, 1.82) is 0 Å². The largest absolute Gasteiger partial charge is 0.481 e. The Labute approximate surface area is 119 Å². The molecule has 2 bridgehead atoms. The minimum absolute atomic E-state index is 0.0710. The van der Waals surface area contributed by atoms with Gasteiger partial charge in [0.1, 0.15) is 0 Å². The summed E-state index contributed by atoms with van der Waals surface area (Å²) in [6.45, 7) is 0.492. The monoisotopic (exact) mass is 275 g/mol. The van der Waals surface area contributed by atoms with Gasteiger partial charge in [0.15, 0.2) is 0 Å². The van der Waals surface area contributed by atoms with E-state index in [0.717, 1.165) is 17.9 Å². The van der Waals surface area contributed by atoms with Crippen molar-refractivity contribution in [3.8, 4) is 5.88 Å². The third-order valence-electron chi connectivity index (χ3n) is 4.52. The number of urea groups is 1. The van der Waals surface area contributed by atoms with Crippen molar-refractivity contribution in [2.75, 3.05) is 7.11 Å². The molecule has 20 heavy (non-hydrogen) atoms. The van der Waals surface area contributed by atoms with Crippen LogP contribution >= 0.6 is 0 Å². The topological polar surface area (TPSA) is 63.2 Å². The van der Waals surface area contributed by atoms with Crippen molar-refractivity contribution >= 4 is 6.03 Å². The van der Waals surface area contributed by atoms with Gasteiger partial charge < -0.3 is 15.4 Å². The Morgan fingerprint density at radius 2 is 2.35 bits per heavy atom. The number of nitrogens with zero attached hydrogens (tertiary/aromatic N) is 1. The summed E-state index contributed by atoms with van der Waals surface area (Å²) in [5.74, 6) is 2.11. The third kappa shape index (κ3) is 2.86. The first-order chi connectivity index (χ1) is 9.74. The molecule has 1 aromatic rings. The molecule has 0 spiro atoms. The van der Waals surface area contributed by atoms with E-state index in [1.54, 1.807) is 13.3 Å². The first kappa shape index (κ1) is 13.2. The van der Waals surface area contributed by atoms with Gasteiger partial charge in [-0.05, 0) is 42.7 Å². The average Bonchev–Trinajstić information content (AvgIpc) is 3.08. The zero-order valence-electron chi connectivity index (χ0n) is 11.8. The van der Waals surface area contributed by atoms with Gasteiger partial charge in [-0.25, -0.2) is 9.78 Å². The molecule has 0 unspecified atom stereocenters. The van der Waals surface area contributed by atoms with Crippen molar-refractivity contribution in [2.45, 2.75) is 38.3 Å². The number of ether oxygens (including phenoxy) is 1. The number of rotatable bonds is 4. The van der Waals surface area contributed by atoms with Crippen LogP contribution in [0.5, 0.6) is 5.88 Å². The van der Waals surface area contributed by atoms with Crippen molar-refractivity contribution in [3.63, 3.8) is 0 Å². The molecule has 0 radical (unpaired) electrons. The van der Waals surface area contributed by atoms with Crippen molar-refractivity contribution in [2.24, 2.45) is 11.8 Å². The molecular formula is C15H21N3O2. The molecule has 0 aliphatic heterocycles. The lowest BCUT2D eigenvalue weighted by Crippen LogP contribution is -2.44. The quantitative estimate of drug-likeness (QED) is 0.884. The van der Waals surface area contributed by atoms with Crippen LogP contribution in [0.25, 0.3) is 0 Å². The van der Waals surface area contributed by atoms with Gasteiger partial charge in [0.25, 0.3) is 0 Å². The van der Waals surface area contributed by atoms with Gasteiger partial charge in [-0.15, -0.1) is 0 Å². The van der Waals surface area contributed by atoms with Gasteiger partial charge in [0, 0.05) is 24.8 Å². The number of hydrogen-bond acceptors (Lipinski definition) is 3. The summed E-state index contributed by atoms with van der Waals surface area (Å²) in [5.41, 5.74) is 0.986. The smallest absolute Gasteiger partial charge is 0.315 e. The molecular weight excluding hydrogens is 254 g/mol. The number of nitrogens with one attached hydrogen (secondary N) is 2. The highest BCUT2D eigenvalue weighted by Gasteiger charge is 2.40. The number of amides is 2. The summed E-state index contributed by atoms with van der Waals surface area (Å²) in [6.07, 6.45) is 6.76. The summed E-state index contributed by atoms with van der Waals surface area (Å²) >= 11 is 0. The maximum atomic E-state index is 11.9. The third-order valence-corrected chi connectivity index (χ3v) is 4.52. The molecule has 2 aliphatic carbocycles. The van der Waals surface area contributed by atoms with Crippen LogP contribution in [0.2, 0.25) is 0 Å². The summed E-state index contributed by atoms with van der Waals surface area (Å²) in [7, 11) is 1.58. The molecule has 2 amide bonds. The summed E-state index contributed by atoms with van der Waals surface area (Å²) in [6, 6.07) is 4.01. The first-order valence-electron chi connectivity index (χ1n) is 7.28. The highest BCUT2D eigenvalue weighted by Crippen LogP contribution is 2.44. The molecule has 2 saturated carbocycles. The van der Waals surface area contributed by atoms with Crippen molar-refractivity contribution in [3.05, 3.63) is 23.9 Å². The summed E-state index contributed by atoms with van der Waals surface area (Å²) < 4.78 is 5.06. The molecule has 3 atom stereocenters. The minimum atomic E-state index is -0.0710. The van der Waals surface area contributed by atoms with Crippen LogP contribution in [0, 0.1) is 11.8 Å². The van der Waals surface area contributed by atoms with Crippen LogP contribution in [0.3, 0.4) is 0 Å². The fourth-order valence-corrected chi connectivity index (χ4v) is 3.50. The number of carbonyl (C=O) groups excluding carboxylic acids is 1. The molecule has 3 rings (SSSR count). The predicted octanol–water partition coefficient (Wildman–Crippen LogP) is 2.08. The Balaban J connectivity index is 1.47. The van der Waals surface area contributed by atoms with E-state index < -0.39 is 0 Å². The summed E-state index contributed by atoms with van der Waals surface area (Å²) in [4.78, 5) is 16.0. The van der Waals surface area contributed by atoms with E-state index in [2.05, 4.69) is 15.6 Å². The van der Waals surface area contributed by atoms with E-state index in [4.69, 9.17) is 4.74 Å². The maximum absolute atomic E-state index is 11.9. The highest BCUT2D eigenvalue weighted by molar-refractivity contribution is 5.74. The van der Waals surface area contributed by atoms with E-state index in [1.165, 1.54) is 19.3 Å². The second kappa shape index (κ2) is 5.69. The summed E-state index contributed by atoms with van der Waals surface area (Å²) in [5, 5.41) is 6.02. The molecule has 5 heteroatoms. The van der Waals surface area contributed by atoms with E-state index in [9.17, 15) is 4.79 Å². The van der Waals surface area contributed by atoms with Gasteiger partial charge in [-0.2, -0.15) is 0 Å². The Bertz CT molecular complexity index is 492. The molecule has 2 aliphatic rings. The molecule has 2 N–H and O–H groups in total. The van der Waals surface area contributed by atoms with Gasteiger partial charge in [-0.1, -0.05) is 6.42 Å². The zero-order chi connectivity index (χ0) is 13.9. The molecule has 0 aromatic carbocycles. The molecule has 2 fully saturated rings. The second-order valence-corrected chi connectivity index (χ2v) is 5.81. The lowest BCUT2D eigenvalue weighted by Gasteiger charge is -2.23. The molecule has 1 aromatic heterocycles. The Morgan fingerprint density at radius 3 is 3.05 bits per heavy atom. The minimum Gasteiger partial charge on any atom is -0.481 e. The van der Waals surface area contributed by atoms with E-state index in [-0.39, 0.29) is 6.03 Å². The number of methoxy groups -OCH3 is 1. The molecule has 5 nitrogen and oxygen atoms in total. The van der Waals surface area contributed by atoms with Gasteiger partial charge in [0.05, 0.1) is 7.11 Å². The molecule has 108 valence electrons. The van der Waals surface area contributed by atoms with E-state index >= 15 is 0 Å². The number of aromatic nitrogens is 1. The van der Waals surface area contributed by atoms with E-state index in [1.807, 2.05) is 12.1 Å². The maximum Gasteiger partial charge on any atom is 0.315 e. The van der Waals surface area contributed by atoms with Crippen LogP contribution in [-0.4, -0.2) is 24.2 Å². The fourth-order valence-electron chi connectivity index (χ4n) is 3.50. The van der Waals surface area contributed by atoms with Crippen molar-refractivity contribution < 1.29 is 9.53 Å². The number of carbonyl (C=O) groups is 1. The normalized spacial score (nSPS) is 27.4. The SMILES string of the molecule is COc1cc(CNC(=O)N[C@@H]2C[C@H]3CC[C@@H]2C3)ccn1. The number of fused-ring (bicyclic) bond motifs is 2. The van der Waals surface area contributed by atoms with Gasteiger partial charge in [-0.3, -0.25) is 0 Å². The predicted molar refractivity (Wildman–Crippen MR) is 75.4 cm³/mol. The number of pyridine rings is 1. The second-order valence-electron chi connectivity index (χ2n) is 5.81.